The second kappa shape index (κ2) is 9.01. The van der Waals surface area contributed by atoms with Gasteiger partial charge < -0.3 is 5.32 Å². The van der Waals surface area contributed by atoms with Crippen LogP contribution >= 0.6 is 11.8 Å². The first kappa shape index (κ1) is 18.7. The van der Waals surface area contributed by atoms with E-state index in [0.29, 0.717) is 17.0 Å². The number of carbonyl (C=O) groups excluding carboxylic acids is 1. The number of nitrogens with one attached hydrogen (secondary N) is 1. The Morgan fingerprint density at radius 3 is 2.64 bits per heavy atom. The van der Waals surface area contributed by atoms with Gasteiger partial charge in [0.15, 0.2) is 11.0 Å². The molecule has 0 radical (unpaired) electrons. The van der Waals surface area contributed by atoms with Crippen LogP contribution in [0, 0.1) is 0 Å². The van der Waals surface area contributed by atoms with Crippen molar-refractivity contribution in [1.82, 2.24) is 25.1 Å². The van der Waals surface area contributed by atoms with Gasteiger partial charge in [0.1, 0.15) is 0 Å². The number of hydrogen-bond acceptors (Lipinski definition) is 5. The molecule has 7 heteroatoms. The summed E-state index contributed by atoms with van der Waals surface area (Å²) in [7, 11) is 0. The van der Waals surface area contributed by atoms with Gasteiger partial charge in [0.25, 0.3) is 0 Å². The van der Waals surface area contributed by atoms with Gasteiger partial charge in [-0.1, -0.05) is 49.2 Å². The molecule has 28 heavy (non-hydrogen) atoms. The van der Waals surface area contributed by atoms with Gasteiger partial charge in [-0.25, -0.2) is 0 Å². The van der Waals surface area contributed by atoms with Crippen molar-refractivity contribution < 1.29 is 4.79 Å². The number of thioether (sulfide) groups is 1. The van der Waals surface area contributed by atoms with Crippen LogP contribution in [0.25, 0.3) is 17.1 Å². The first-order chi connectivity index (χ1) is 13.8. The Labute approximate surface area is 168 Å². The molecule has 2 aromatic heterocycles. The van der Waals surface area contributed by atoms with E-state index < -0.39 is 0 Å². The maximum absolute atomic E-state index is 12.4. The second-order valence-corrected chi connectivity index (χ2v) is 7.85. The molecule has 1 fully saturated rings. The molecule has 0 unspecified atom stereocenters. The zero-order valence-corrected chi connectivity index (χ0v) is 16.4. The van der Waals surface area contributed by atoms with Crippen LogP contribution in [0.4, 0.5) is 0 Å². The van der Waals surface area contributed by atoms with E-state index in [9.17, 15) is 4.79 Å². The average molecular weight is 394 g/mol. The number of carbonyl (C=O) groups is 1. The van der Waals surface area contributed by atoms with Gasteiger partial charge in [-0.05, 0) is 37.1 Å². The van der Waals surface area contributed by atoms with E-state index >= 15 is 0 Å². The van der Waals surface area contributed by atoms with Crippen molar-refractivity contribution in [3.05, 3.63) is 54.9 Å². The number of pyridine rings is 1. The first-order valence-electron chi connectivity index (χ1n) is 9.64. The zero-order valence-electron chi connectivity index (χ0n) is 15.6. The molecule has 1 aliphatic carbocycles. The van der Waals surface area contributed by atoms with Crippen LogP contribution in [0.2, 0.25) is 0 Å². The minimum absolute atomic E-state index is 0.0578. The second-order valence-electron chi connectivity index (χ2n) is 6.91. The fourth-order valence-corrected chi connectivity index (χ4v) is 4.26. The highest BCUT2D eigenvalue weighted by Gasteiger charge is 2.19. The van der Waals surface area contributed by atoms with Crippen LogP contribution in [0.15, 0.2) is 60.0 Å². The number of nitrogens with zero attached hydrogens (tertiary/aromatic N) is 4. The van der Waals surface area contributed by atoms with E-state index in [1.807, 2.05) is 47.0 Å². The Hall–Kier alpha value is -2.67. The van der Waals surface area contributed by atoms with Crippen LogP contribution < -0.4 is 5.32 Å². The molecule has 6 nitrogen and oxygen atoms in total. The van der Waals surface area contributed by atoms with E-state index in [2.05, 4.69) is 20.5 Å². The molecule has 3 aromatic rings. The molecule has 1 N–H and O–H groups in total. The number of amides is 1. The van der Waals surface area contributed by atoms with E-state index in [0.717, 1.165) is 29.9 Å². The summed E-state index contributed by atoms with van der Waals surface area (Å²) in [5.41, 5.74) is 1.85. The van der Waals surface area contributed by atoms with Crippen molar-refractivity contribution in [2.75, 3.05) is 5.75 Å². The highest BCUT2D eigenvalue weighted by molar-refractivity contribution is 7.99. The highest BCUT2D eigenvalue weighted by atomic mass is 32.2. The Kier molecular flexibility index (Phi) is 6.01. The molecule has 1 saturated carbocycles. The number of benzene rings is 1. The van der Waals surface area contributed by atoms with Crippen LogP contribution in [0.5, 0.6) is 0 Å². The molecule has 1 aliphatic rings. The molecule has 0 spiro atoms. The fourth-order valence-electron chi connectivity index (χ4n) is 3.50. The molecule has 2 heterocycles. The van der Waals surface area contributed by atoms with Crippen LogP contribution in [0.3, 0.4) is 0 Å². The SMILES string of the molecule is O=C(CSc1nnc(-c2cccnc2)n1-c1ccccc1)NC1CCCCC1. The van der Waals surface area contributed by atoms with Gasteiger partial charge >= 0.3 is 0 Å². The third-order valence-corrected chi connectivity index (χ3v) is 5.80. The van der Waals surface area contributed by atoms with Crippen molar-refractivity contribution in [2.45, 2.75) is 43.3 Å². The lowest BCUT2D eigenvalue weighted by Crippen LogP contribution is -2.37. The standard InChI is InChI=1S/C21H23N5OS/c27-19(23-17-9-3-1-4-10-17)15-28-21-25-24-20(16-8-7-13-22-14-16)26(21)18-11-5-2-6-12-18/h2,5-8,11-14,17H,1,3-4,9-10,15H2,(H,23,27). The van der Waals surface area contributed by atoms with Gasteiger partial charge in [-0.3, -0.25) is 14.3 Å². The van der Waals surface area contributed by atoms with Crippen LogP contribution in [-0.2, 0) is 4.79 Å². The normalized spacial score (nSPS) is 14.7. The molecule has 0 aliphatic heterocycles. The summed E-state index contributed by atoms with van der Waals surface area (Å²) in [6, 6.07) is 14.1. The van der Waals surface area contributed by atoms with E-state index in [-0.39, 0.29) is 5.91 Å². The highest BCUT2D eigenvalue weighted by Crippen LogP contribution is 2.27. The van der Waals surface area contributed by atoms with Crippen molar-refractivity contribution >= 4 is 17.7 Å². The van der Waals surface area contributed by atoms with Gasteiger partial charge in [-0.2, -0.15) is 0 Å². The average Bonchev–Trinajstić information content (AvgIpc) is 3.18. The summed E-state index contributed by atoms with van der Waals surface area (Å²) in [6.07, 6.45) is 9.36. The Bertz CT molecular complexity index is 907. The lowest BCUT2D eigenvalue weighted by molar-refractivity contribution is -0.119. The summed E-state index contributed by atoms with van der Waals surface area (Å²) in [5, 5.41) is 12.6. The molecule has 144 valence electrons. The summed E-state index contributed by atoms with van der Waals surface area (Å²) in [5.74, 6) is 1.10. The molecular formula is C21H23N5OS. The molecule has 0 atom stereocenters. The minimum atomic E-state index is 0.0578. The van der Waals surface area contributed by atoms with Crippen LogP contribution in [0.1, 0.15) is 32.1 Å². The molecule has 1 amide bonds. The summed E-state index contributed by atoms with van der Waals surface area (Å²) in [4.78, 5) is 16.6. The molecular weight excluding hydrogens is 370 g/mol. The predicted octanol–water partition coefficient (Wildman–Crippen LogP) is 3.87. The Morgan fingerprint density at radius 1 is 1.07 bits per heavy atom. The molecule has 0 saturated heterocycles. The summed E-state index contributed by atoms with van der Waals surface area (Å²) >= 11 is 1.41. The zero-order chi connectivity index (χ0) is 19.2. The largest absolute Gasteiger partial charge is 0.353 e. The van der Waals surface area contributed by atoms with E-state index in [1.165, 1.54) is 31.0 Å². The summed E-state index contributed by atoms with van der Waals surface area (Å²) < 4.78 is 1.98. The van der Waals surface area contributed by atoms with Crippen molar-refractivity contribution in [2.24, 2.45) is 0 Å². The summed E-state index contributed by atoms with van der Waals surface area (Å²) in [6.45, 7) is 0. The fraction of sp³-hybridized carbons (Fsp3) is 0.333. The molecule has 0 bridgehead atoms. The van der Waals surface area contributed by atoms with Gasteiger partial charge in [0.2, 0.25) is 5.91 Å². The number of hydrogen-bond donors (Lipinski definition) is 1. The van der Waals surface area contributed by atoms with Gasteiger partial charge in [-0.15, -0.1) is 10.2 Å². The number of para-hydroxylation sites is 1. The smallest absolute Gasteiger partial charge is 0.230 e. The number of rotatable bonds is 6. The van der Waals surface area contributed by atoms with Crippen LogP contribution in [-0.4, -0.2) is 37.5 Å². The predicted molar refractivity (Wildman–Crippen MR) is 110 cm³/mol. The Morgan fingerprint density at radius 2 is 1.89 bits per heavy atom. The molecule has 4 rings (SSSR count). The maximum Gasteiger partial charge on any atom is 0.230 e. The third-order valence-electron chi connectivity index (χ3n) is 4.87. The van der Waals surface area contributed by atoms with Gasteiger partial charge in [0.05, 0.1) is 5.75 Å². The van der Waals surface area contributed by atoms with Crippen molar-refractivity contribution in [3.8, 4) is 17.1 Å². The van der Waals surface area contributed by atoms with E-state index in [4.69, 9.17) is 0 Å². The maximum atomic E-state index is 12.4. The first-order valence-corrected chi connectivity index (χ1v) is 10.6. The monoisotopic (exact) mass is 393 g/mol. The molecule has 1 aromatic carbocycles. The third kappa shape index (κ3) is 4.42. The van der Waals surface area contributed by atoms with E-state index in [1.54, 1.807) is 12.4 Å². The minimum Gasteiger partial charge on any atom is -0.353 e. The van der Waals surface area contributed by atoms with Crippen molar-refractivity contribution in [1.29, 1.82) is 0 Å². The van der Waals surface area contributed by atoms with Crippen molar-refractivity contribution in [3.63, 3.8) is 0 Å². The van der Waals surface area contributed by atoms with Gasteiger partial charge in [0, 0.05) is 29.7 Å². The quantitative estimate of drug-likeness (QED) is 0.644. The lowest BCUT2D eigenvalue weighted by Gasteiger charge is -2.22. The number of aromatic nitrogens is 4. The topological polar surface area (TPSA) is 72.7 Å². The Balaban J connectivity index is 1.53. The lowest BCUT2D eigenvalue weighted by atomic mass is 9.95.